The highest BCUT2D eigenvalue weighted by Crippen LogP contribution is 2.23. The van der Waals surface area contributed by atoms with E-state index in [1.54, 1.807) is 12.1 Å². The zero-order chi connectivity index (χ0) is 13.0. The van der Waals surface area contributed by atoms with Crippen LogP contribution in [0.3, 0.4) is 0 Å². The lowest BCUT2D eigenvalue weighted by Crippen LogP contribution is -2.31. The number of benzene rings is 1. The highest BCUT2D eigenvalue weighted by Gasteiger charge is 2.19. The van der Waals surface area contributed by atoms with Crippen LogP contribution in [-0.2, 0) is 11.2 Å². The Labute approximate surface area is 112 Å². The second-order valence-electron chi connectivity index (χ2n) is 4.89. The van der Waals surface area contributed by atoms with Crippen LogP contribution in [0.4, 0.5) is 4.39 Å². The maximum absolute atomic E-state index is 13.6. The first kappa shape index (κ1) is 13.8. The molecule has 0 bridgehead atoms. The van der Waals surface area contributed by atoms with Crippen molar-refractivity contribution in [1.29, 1.82) is 0 Å². The highest BCUT2D eigenvalue weighted by molar-refractivity contribution is 6.31. The summed E-state index contributed by atoms with van der Waals surface area (Å²) in [5, 5.41) is 0.454. The van der Waals surface area contributed by atoms with Crippen molar-refractivity contribution in [2.45, 2.75) is 44.2 Å². The third-order valence-corrected chi connectivity index (χ3v) is 3.72. The van der Waals surface area contributed by atoms with Gasteiger partial charge in [0.05, 0.1) is 6.10 Å². The molecule has 1 aliphatic rings. The summed E-state index contributed by atoms with van der Waals surface area (Å²) in [6.07, 6.45) is 4.83. The van der Waals surface area contributed by atoms with Crippen LogP contribution in [0.25, 0.3) is 0 Å². The monoisotopic (exact) mass is 271 g/mol. The van der Waals surface area contributed by atoms with E-state index in [0.29, 0.717) is 17.0 Å². The van der Waals surface area contributed by atoms with Gasteiger partial charge in [0, 0.05) is 23.2 Å². The maximum Gasteiger partial charge on any atom is 0.127 e. The van der Waals surface area contributed by atoms with Crippen LogP contribution in [0.2, 0.25) is 5.02 Å². The molecule has 0 aromatic heterocycles. The van der Waals surface area contributed by atoms with Gasteiger partial charge in [0.2, 0.25) is 0 Å². The minimum Gasteiger partial charge on any atom is -0.378 e. The Balaban J connectivity index is 1.92. The third kappa shape index (κ3) is 3.67. The SMILES string of the molecule is NC(Cc1c(F)cccc1Cl)CC1CCCCO1. The fourth-order valence-corrected chi connectivity index (χ4v) is 2.64. The highest BCUT2D eigenvalue weighted by atomic mass is 35.5. The molecule has 1 saturated heterocycles. The van der Waals surface area contributed by atoms with Gasteiger partial charge in [0.1, 0.15) is 5.82 Å². The molecule has 2 nitrogen and oxygen atoms in total. The van der Waals surface area contributed by atoms with Crippen molar-refractivity contribution in [2.24, 2.45) is 5.73 Å². The lowest BCUT2D eigenvalue weighted by atomic mass is 9.97. The van der Waals surface area contributed by atoms with Crippen LogP contribution in [0.15, 0.2) is 18.2 Å². The first-order chi connectivity index (χ1) is 8.66. The molecule has 0 spiro atoms. The minimum atomic E-state index is -0.275. The second-order valence-corrected chi connectivity index (χ2v) is 5.30. The zero-order valence-corrected chi connectivity index (χ0v) is 11.1. The molecule has 0 radical (unpaired) electrons. The molecule has 0 saturated carbocycles. The first-order valence-corrected chi connectivity index (χ1v) is 6.84. The summed E-state index contributed by atoms with van der Waals surface area (Å²) in [4.78, 5) is 0. The second kappa shape index (κ2) is 6.50. The van der Waals surface area contributed by atoms with Crippen molar-refractivity contribution in [3.63, 3.8) is 0 Å². The summed E-state index contributed by atoms with van der Waals surface area (Å²) >= 11 is 5.99. The molecule has 2 atom stereocenters. The Hall–Kier alpha value is -0.640. The molecule has 18 heavy (non-hydrogen) atoms. The predicted octanol–water partition coefficient (Wildman–Crippen LogP) is 3.31. The Morgan fingerprint density at radius 3 is 2.94 bits per heavy atom. The third-order valence-electron chi connectivity index (χ3n) is 3.37. The number of ether oxygens (including phenoxy) is 1. The lowest BCUT2D eigenvalue weighted by Gasteiger charge is -2.25. The number of rotatable bonds is 4. The topological polar surface area (TPSA) is 35.2 Å². The lowest BCUT2D eigenvalue weighted by molar-refractivity contribution is 0.00743. The van der Waals surface area contributed by atoms with Gasteiger partial charge in [0.25, 0.3) is 0 Å². The minimum absolute atomic E-state index is 0.109. The van der Waals surface area contributed by atoms with Gasteiger partial charge in [-0.05, 0) is 44.2 Å². The van der Waals surface area contributed by atoms with E-state index in [4.69, 9.17) is 22.1 Å². The summed E-state index contributed by atoms with van der Waals surface area (Å²) < 4.78 is 19.3. The van der Waals surface area contributed by atoms with Crippen LogP contribution in [0.5, 0.6) is 0 Å². The quantitative estimate of drug-likeness (QED) is 0.912. The fraction of sp³-hybridized carbons (Fsp3) is 0.571. The van der Waals surface area contributed by atoms with Gasteiger partial charge in [-0.1, -0.05) is 17.7 Å². The van der Waals surface area contributed by atoms with E-state index in [-0.39, 0.29) is 18.0 Å². The van der Waals surface area contributed by atoms with Crippen molar-refractivity contribution >= 4 is 11.6 Å². The average Bonchev–Trinajstić information content (AvgIpc) is 2.35. The molecule has 1 fully saturated rings. The van der Waals surface area contributed by atoms with Crippen LogP contribution >= 0.6 is 11.6 Å². The predicted molar refractivity (Wildman–Crippen MR) is 71.3 cm³/mol. The van der Waals surface area contributed by atoms with Gasteiger partial charge >= 0.3 is 0 Å². The average molecular weight is 272 g/mol. The van der Waals surface area contributed by atoms with E-state index in [1.165, 1.54) is 12.5 Å². The number of hydrogen-bond donors (Lipinski definition) is 1. The summed E-state index contributed by atoms with van der Waals surface area (Å²) in [6.45, 7) is 0.817. The van der Waals surface area contributed by atoms with E-state index in [2.05, 4.69) is 0 Å². The Morgan fingerprint density at radius 2 is 2.28 bits per heavy atom. The first-order valence-electron chi connectivity index (χ1n) is 6.47. The van der Waals surface area contributed by atoms with Crippen LogP contribution in [0.1, 0.15) is 31.2 Å². The maximum atomic E-state index is 13.6. The standard InChI is InChI=1S/C14H19ClFNO/c15-13-5-3-6-14(16)12(13)9-10(17)8-11-4-1-2-7-18-11/h3,5-6,10-11H,1-2,4,7-9,17H2. The summed E-state index contributed by atoms with van der Waals surface area (Å²) in [6, 6.07) is 4.62. The number of halogens is 2. The van der Waals surface area contributed by atoms with E-state index < -0.39 is 0 Å². The van der Waals surface area contributed by atoms with Crippen molar-refractivity contribution in [1.82, 2.24) is 0 Å². The molecule has 2 N–H and O–H groups in total. The normalized spacial score (nSPS) is 21.8. The Bertz CT molecular complexity index is 373. The van der Waals surface area contributed by atoms with Crippen molar-refractivity contribution in [3.8, 4) is 0 Å². The molecule has 4 heteroatoms. The van der Waals surface area contributed by atoms with Gasteiger partial charge in [-0.15, -0.1) is 0 Å². The van der Waals surface area contributed by atoms with Gasteiger partial charge < -0.3 is 10.5 Å². The Kier molecular flexibility index (Phi) is 4.98. The molecule has 2 unspecified atom stereocenters. The van der Waals surface area contributed by atoms with Gasteiger partial charge in [-0.25, -0.2) is 4.39 Å². The zero-order valence-electron chi connectivity index (χ0n) is 10.4. The van der Waals surface area contributed by atoms with Crippen LogP contribution < -0.4 is 5.73 Å². The largest absolute Gasteiger partial charge is 0.378 e. The van der Waals surface area contributed by atoms with Gasteiger partial charge in [-0.2, -0.15) is 0 Å². The van der Waals surface area contributed by atoms with E-state index in [9.17, 15) is 4.39 Å². The van der Waals surface area contributed by atoms with Gasteiger partial charge in [-0.3, -0.25) is 0 Å². The van der Waals surface area contributed by atoms with Crippen molar-refractivity contribution < 1.29 is 9.13 Å². The number of nitrogens with two attached hydrogens (primary N) is 1. The van der Waals surface area contributed by atoms with Crippen molar-refractivity contribution in [3.05, 3.63) is 34.6 Å². The molecule has 2 rings (SSSR count). The van der Waals surface area contributed by atoms with Crippen LogP contribution in [-0.4, -0.2) is 18.8 Å². The Morgan fingerprint density at radius 1 is 1.44 bits per heavy atom. The number of hydrogen-bond acceptors (Lipinski definition) is 2. The summed E-state index contributed by atoms with van der Waals surface area (Å²) in [7, 11) is 0. The summed E-state index contributed by atoms with van der Waals surface area (Å²) in [5.74, 6) is -0.275. The van der Waals surface area contributed by atoms with Gasteiger partial charge in [0.15, 0.2) is 0 Å². The van der Waals surface area contributed by atoms with E-state index >= 15 is 0 Å². The molecule has 1 heterocycles. The molecule has 100 valence electrons. The molecular weight excluding hydrogens is 253 g/mol. The molecular formula is C14H19ClFNO. The molecule has 1 aromatic carbocycles. The van der Waals surface area contributed by atoms with E-state index in [1.807, 2.05) is 0 Å². The molecule has 1 aliphatic heterocycles. The summed E-state index contributed by atoms with van der Waals surface area (Å²) in [5.41, 5.74) is 6.59. The molecule has 1 aromatic rings. The molecule has 0 amide bonds. The smallest absolute Gasteiger partial charge is 0.127 e. The van der Waals surface area contributed by atoms with Crippen molar-refractivity contribution in [2.75, 3.05) is 6.61 Å². The molecule has 0 aliphatic carbocycles. The fourth-order valence-electron chi connectivity index (χ4n) is 2.40. The van der Waals surface area contributed by atoms with E-state index in [0.717, 1.165) is 25.9 Å². The van der Waals surface area contributed by atoms with Crippen LogP contribution in [0, 0.1) is 5.82 Å².